The predicted octanol–water partition coefficient (Wildman–Crippen LogP) is 12.8. The van der Waals surface area contributed by atoms with Gasteiger partial charge in [-0.15, -0.1) is 0 Å². The summed E-state index contributed by atoms with van der Waals surface area (Å²) in [5.74, 6) is 0. The van der Waals surface area contributed by atoms with E-state index in [1.54, 1.807) is 0 Å². The summed E-state index contributed by atoms with van der Waals surface area (Å²) in [6.07, 6.45) is 0. The highest BCUT2D eigenvalue weighted by atomic mass is 14.2. The Balaban J connectivity index is 1.59. The maximum atomic E-state index is 2.48. The van der Waals surface area contributed by atoms with E-state index in [-0.39, 0.29) is 0 Å². The van der Waals surface area contributed by atoms with Crippen LogP contribution in [0.2, 0.25) is 0 Å². The molecule has 0 bridgehead atoms. The molecular formula is C45H36. The number of fused-ring (bicyclic) bond motifs is 4. The summed E-state index contributed by atoms with van der Waals surface area (Å²) >= 11 is 0. The van der Waals surface area contributed by atoms with E-state index >= 15 is 0 Å². The minimum absolute atomic E-state index is 1.26. The van der Waals surface area contributed by atoms with Crippen molar-refractivity contribution >= 4 is 43.1 Å². The highest BCUT2D eigenvalue weighted by molar-refractivity contribution is 6.25. The van der Waals surface area contributed by atoms with Gasteiger partial charge in [-0.2, -0.15) is 0 Å². The van der Waals surface area contributed by atoms with Crippen molar-refractivity contribution in [3.05, 3.63) is 155 Å². The van der Waals surface area contributed by atoms with Crippen LogP contribution < -0.4 is 0 Å². The third-order valence-corrected chi connectivity index (χ3v) is 10.4. The normalized spacial score (nSPS) is 11.7. The molecule has 0 aliphatic heterocycles. The van der Waals surface area contributed by atoms with Crippen LogP contribution in [-0.2, 0) is 0 Å². The van der Waals surface area contributed by atoms with Crippen LogP contribution in [0.3, 0.4) is 0 Å². The fourth-order valence-electron chi connectivity index (χ4n) is 7.73. The smallest absolute Gasteiger partial charge is 0.00199 e. The molecule has 216 valence electrons. The van der Waals surface area contributed by atoms with Gasteiger partial charge in [0, 0.05) is 0 Å². The first-order valence-electron chi connectivity index (χ1n) is 16.0. The molecule has 0 fully saturated rings. The molecule has 0 unspecified atom stereocenters. The van der Waals surface area contributed by atoms with E-state index in [1.165, 1.54) is 104 Å². The van der Waals surface area contributed by atoms with Crippen LogP contribution in [0, 0.1) is 34.6 Å². The Morgan fingerprint density at radius 3 is 1.22 bits per heavy atom. The van der Waals surface area contributed by atoms with Gasteiger partial charge in [0.05, 0.1) is 0 Å². The van der Waals surface area contributed by atoms with Crippen LogP contribution in [0.4, 0.5) is 0 Å². The van der Waals surface area contributed by atoms with Gasteiger partial charge in [-0.05, 0) is 145 Å². The SMILES string of the molecule is Cc1c(C)c(C)c(-c2ccc3c(-c4cccc5ccccc45)c4ccccc4c(-c4cccc5ccccc45)c3c2)c(C)c1C. The number of benzene rings is 8. The van der Waals surface area contributed by atoms with Gasteiger partial charge >= 0.3 is 0 Å². The van der Waals surface area contributed by atoms with Gasteiger partial charge in [0.1, 0.15) is 0 Å². The fourth-order valence-corrected chi connectivity index (χ4v) is 7.73. The zero-order valence-corrected chi connectivity index (χ0v) is 26.6. The first-order valence-corrected chi connectivity index (χ1v) is 16.0. The van der Waals surface area contributed by atoms with Crippen LogP contribution in [0.15, 0.2) is 127 Å². The van der Waals surface area contributed by atoms with Crippen molar-refractivity contribution in [1.82, 2.24) is 0 Å². The number of hydrogen-bond acceptors (Lipinski definition) is 0. The molecule has 0 aliphatic carbocycles. The van der Waals surface area contributed by atoms with Crippen LogP contribution >= 0.6 is 0 Å². The van der Waals surface area contributed by atoms with Crippen molar-refractivity contribution in [3.8, 4) is 33.4 Å². The van der Waals surface area contributed by atoms with Gasteiger partial charge in [-0.1, -0.05) is 121 Å². The third-order valence-electron chi connectivity index (χ3n) is 10.4. The van der Waals surface area contributed by atoms with Crippen LogP contribution in [0.25, 0.3) is 76.5 Å². The molecule has 0 N–H and O–H groups in total. The van der Waals surface area contributed by atoms with Gasteiger partial charge < -0.3 is 0 Å². The lowest BCUT2D eigenvalue weighted by Crippen LogP contribution is -2.00. The van der Waals surface area contributed by atoms with Gasteiger partial charge in [0.15, 0.2) is 0 Å². The third kappa shape index (κ3) is 4.13. The highest BCUT2D eigenvalue weighted by Gasteiger charge is 2.21. The van der Waals surface area contributed by atoms with Crippen molar-refractivity contribution in [3.63, 3.8) is 0 Å². The lowest BCUT2D eigenvalue weighted by molar-refractivity contribution is 1.18. The minimum atomic E-state index is 1.26. The van der Waals surface area contributed by atoms with E-state index in [0.717, 1.165) is 0 Å². The lowest BCUT2D eigenvalue weighted by Gasteiger charge is -2.22. The first-order chi connectivity index (χ1) is 21.9. The second-order valence-electron chi connectivity index (χ2n) is 12.6. The summed E-state index contributed by atoms with van der Waals surface area (Å²) in [5.41, 5.74) is 14.7. The molecule has 0 aromatic heterocycles. The minimum Gasteiger partial charge on any atom is -0.0616 e. The molecule has 0 nitrogen and oxygen atoms in total. The lowest BCUT2D eigenvalue weighted by atomic mass is 9.81. The standard InChI is InChI=1S/C45H36/c1-27-28(2)30(4)43(31(5)29(27)3)34-24-25-41-42(26-34)45(38-23-13-17-33-15-7-9-19-36(33)38)40-21-11-10-20-39(40)44(41)37-22-12-16-32-14-6-8-18-35(32)37/h6-26H,1-5H3. The second kappa shape index (κ2) is 10.5. The van der Waals surface area contributed by atoms with Gasteiger partial charge in [0.25, 0.3) is 0 Å². The van der Waals surface area contributed by atoms with Gasteiger partial charge in [0.2, 0.25) is 0 Å². The molecule has 8 aromatic rings. The molecule has 0 aliphatic rings. The first kappa shape index (κ1) is 27.4. The molecule has 0 atom stereocenters. The van der Waals surface area contributed by atoms with Crippen molar-refractivity contribution in [2.75, 3.05) is 0 Å². The summed E-state index contributed by atoms with van der Waals surface area (Å²) in [4.78, 5) is 0. The zero-order valence-electron chi connectivity index (χ0n) is 26.6. The van der Waals surface area contributed by atoms with Crippen molar-refractivity contribution in [1.29, 1.82) is 0 Å². The molecule has 0 heterocycles. The summed E-state index contributed by atoms with van der Waals surface area (Å²) in [6, 6.07) is 47.3. The maximum absolute atomic E-state index is 2.48. The zero-order chi connectivity index (χ0) is 30.8. The van der Waals surface area contributed by atoms with Crippen LogP contribution in [0.1, 0.15) is 27.8 Å². The Hall–Kier alpha value is -5.20. The molecule has 45 heavy (non-hydrogen) atoms. The Bertz CT molecular complexity index is 2430. The second-order valence-corrected chi connectivity index (χ2v) is 12.6. The topological polar surface area (TPSA) is 0 Å². The molecule has 0 spiro atoms. The van der Waals surface area contributed by atoms with E-state index in [0.29, 0.717) is 0 Å². The Morgan fingerprint density at radius 2 is 0.689 bits per heavy atom. The average molecular weight is 577 g/mol. The monoisotopic (exact) mass is 576 g/mol. The van der Waals surface area contributed by atoms with Gasteiger partial charge in [-0.25, -0.2) is 0 Å². The molecule has 0 radical (unpaired) electrons. The van der Waals surface area contributed by atoms with Crippen molar-refractivity contribution in [2.24, 2.45) is 0 Å². The van der Waals surface area contributed by atoms with E-state index in [4.69, 9.17) is 0 Å². The van der Waals surface area contributed by atoms with E-state index < -0.39 is 0 Å². The summed E-state index contributed by atoms with van der Waals surface area (Å²) in [6.45, 7) is 11.4. The summed E-state index contributed by atoms with van der Waals surface area (Å²) < 4.78 is 0. The summed E-state index contributed by atoms with van der Waals surface area (Å²) in [7, 11) is 0. The molecule has 0 amide bonds. The molecule has 8 aromatic carbocycles. The quantitative estimate of drug-likeness (QED) is 0.184. The van der Waals surface area contributed by atoms with Crippen LogP contribution in [0.5, 0.6) is 0 Å². The largest absolute Gasteiger partial charge is 0.0616 e. The fraction of sp³-hybridized carbons (Fsp3) is 0.111. The van der Waals surface area contributed by atoms with Crippen molar-refractivity contribution < 1.29 is 0 Å². The van der Waals surface area contributed by atoms with E-state index in [9.17, 15) is 0 Å². The Kier molecular flexibility index (Phi) is 6.36. The molecule has 0 saturated carbocycles. The molecule has 0 saturated heterocycles. The average Bonchev–Trinajstić information content (AvgIpc) is 3.08. The Labute approximate surface area is 265 Å². The maximum Gasteiger partial charge on any atom is -0.00199 e. The van der Waals surface area contributed by atoms with Gasteiger partial charge in [-0.3, -0.25) is 0 Å². The molecule has 0 heteroatoms. The number of hydrogen-bond donors (Lipinski definition) is 0. The van der Waals surface area contributed by atoms with E-state index in [1.807, 2.05) is 0 Å². The molecular weight excluding hydrogens is 540 g/mol. The van der Waals surface area contributed by atoms with Crippen molar-refractivity contribution in [2.45, 2.75) is 34.6 Å². The van der Waals surface area contributed by atoms with Crippen LogP contribution in [-0.4, -0.2) is 0 Å². The number of rotatable bonds is 3. The summed E-state index contributed by atoms with van der Waals surface area (Å²) in [5, 5.41) is 10.2. The Morgan fingerprint density at radius 1 is 0.289 bits per heavy atom. The van der Waals surface area contributed by atoms with E-state index in [2.05, 4.69) is 162 Å². The highest BCUT2D eigenvalue weighted by Crippen LogP contribution is 2.48. The molecule has 8 rings (SSSR count). The predicted molar refractivity (Wildman–Crippen MR) is 196 cm³/mol.